The van der Waals surface area contributed by atoms with E-state index in [1.807, 2.05) is 50.5 Å². The molecular weight excluding hydrogens is 515 g/mol. The largest absolute Gasteiger partial charge is 0.318 e. The van der Waals surface area contributed by atoms with Crippen LogP contribution < -0.4 is 9.73 Å². The fourth-order valence-corrected chi connectivity index (χ4v) is 5.89. The van der Waals surface area contributed by atoms with Gasteiger partial charge < -0.3 is 4.57 Å². The number of carbonyl (C=O) groups is 1. The number of benzene rings is 3. The van der Waals surface area contributed by atoms with E-state index in [-0.39, 0.29) is 10.7 Å². The highest BCUT2D eigenvalue weighted by Gasteiger charge is 2.28. The zero-order valence-corrected chi connectivity index (χ0v) is 23.2. The topological polar surface area (TPSA) is 83.8 Å². The second-order valence-corrected chi connectivity index (χ2v) is 11.1. The lowest BCUT2D eigenvalue weighted by Crippen LogP contribution is -2.40. The molecule has 0 unspecified atom stereocenters. The Labute approximate surface area is 228 Å². The zero-order chi connectivity index (χ0) is 28.2. The standard InChI is InChI=1S/C30H31FN4O3S/c1-5-24-8-6-7-9-29(24)34(39(37,38)28-16-10-21(2)11-17-28)20-30(36)33-32-19-25-18-22(3)35(23(25)4)27-14-12-26(31)13-15-27/h6-19H,5,20H2,1-4H3,(H,33,36)/b32-19-. The Bertz CT molecular complexity index is 1610. The van der Waals surface area contributed by atoms with Crippen molar-refractivity contribution in [2.24, 2.45) is 5.10 Å². The van der Waals surface area contributed by atoms with Crippen LogP contribution in [0.5, 0.6) is 0 Å². The first-order valence-corrected chi connectivity index (χ1v) is 14.0. The minimum absolute atomic E-state index is 0.101. The molecule has 1 heterocycles. The van der Waals surface area contributed by atoms with Crippen molar-refractivity contribution in [2.45, 2.75) is 39.0 Å². The first kappa shape index (κ1) is 27.8. The second-order valence-electron chi connectivity index (χ2n) is 9.24. The van der Waals surface area contributed by atoms with Crippen LogP contribution >= 0.6 is 0 Å². The average Bonchev–Trinajstić information content (AvgIpc) is 3.20. The van der Waals surface area contributed by atoms with E-state index in [2.05, 4.69) is 10.5 Å². The monoisotopic (exact) mass is 546 g/mol. The second kappa shape index (κ2) is 11.7. The highest BCUT2D eigenvalue weighted by Crippen LogP contribution is 2.27. The first-order valence-electron chi connectivity index (χ1n) is 12.6. The van der Waals surface area contributed by atoms with E-state index >= 15 is 0 Å². The molecule has 3 aromatic carbocycles. The molecule has 1 N–H and O–H groups in total. The van der Waals surface area contributed by atoms with E-state index in [1.54, 1.807) is 48.5 Å². The summed E-state index contributed by atoms with van der Waals surface area (Å²) in [7, 11) is -4.03. The number of anilines is 1. The van der Waals surface area contributed by atoms with Crippen molar-refractivity contribution < 1.29 is 17.6 Å². The summed E-state index contributed by atoms with van der Waals surface area (Å²) in [5.41, 5.74) is 7.99. The molecule has 1 aromatic heterocycles. The summed E-state index contributed by atoms with van der Waals surface area (Å²) >= 11 is 0. The normalized spacial score (nSPS) is 11.6. The van der Waals surface area contributed by atoms with Gasteiger partial charge >= 0.3 is 0 Å². The van der Waals surface area contributed by atoms with Crippen LogP contribution in [-0.2, 0) is 21.2 Å². The number of aryl methyl sites for hydroxylation is 3. The van der Waals surface area contributed by atoms with Gasteiger partial charge in [-0.25, -0.2) is 18.2 Å². The summed E-state index contributed by atoms with van der Waals surface area (Å²) in [6, 6.07) is 21.7. The van der Waals surface area contributed by atoms with Crippen LogP contribution in [0.2, 0.25) is 0 Å². The van der Waals surface area contributed by atoms with E-state index in [9.17, 15) is 17.6 Å². The Hall–Kier alpha value is -4.24. The summed E-state index contributed by atoms with van der Waals surface area (Å²) in [5.74, 6) is -0.897. The molecule has 0 bridgehead atoms. The van der Waals surface area contributed by atoms with Gasteiger partial charge in [-0.15, -0.1) is 0 Å². The van der Waals surface area contributed by atoms with E-state index in [1.165, 1.54) is 18.3 Å². The van der Waals surface area contributed by atoms with Crippen molar-refractivity contribution in [2.75, 3.05) is 10.8 Å². The number of hydrazone groups is 1. The fraction of sp³-hybridized carbons (Fsp3) is 0.200. The molecule has 0 aliphatic heterocycles. The van der Waals surface area contributed by atoms with Gasteiger partial charge in [0.1, 0.15) is 12.4 Å². The van der Waals surface area contributed by atoms with Crippen LogP contribution in [0, 0.1) is 26.6 Å². The van der Waals surface area contributed by atoms with Gasteiger partial charge in [-0.1, -0.05) is 42.8 Å². The number of halogens is 1. The van der Waals surface area contributed by atoms with E-state index in [4.69, 9.17) is 0 Å². The van der Waals surface area contributed by atoms with Gasteiger partial charge in [0, 0.05) is 22.6 Å². The van der Waals surface area contributed by atoms with Crippen LogP contribution in [0.4, 0.5) is 10.1 Å². The number of hydrogen-bond acceptors (Lipinski definition) is 4. The number of hydrogen-bond donors (Lipinski definition) is 1. The summed E-state index contributed by atoms with van der Waals surface area (Å²) in [6.07, 6.45) is 2.11. The van der Waals surface area contributed by atoms with Gasteiger partial charge in [0.2, 0.25) is 0 Å². The van der Waals surface area contributed by atoms with Gasteiger partial charge in [-0.3, -0.25) is 9.10 Å². The van der Waals surface area contributed by atoms with E-state index in [0.717, 1.165) is 38.1 Å². The third-order valence-corrected chi connectivity index (χ3v) is 8.26. The minimum atomic E-state index is -4.03. The molecule has 4 aromatic rings. The zero-order valence-electron chi connectivity index (χ0n) is 22.3. The molecule has 0 fully saturated rings. The lowest BCUT2D eigenvalue weighted by atomic mass is 10.1. The number of sulfonamides is 1. The maximum Gasteiger partial charge on any atom is 0.264 e. The third kappa shape index (κ3) is 6.09. The Morgan fingerprint density at radius 3 is 2.33 bits per heavy atom. The van der Waals surface area contributed by atoms with Gasteiger partial charge in [0.25, 0.3) is 15.9 Å². The maximum absolute atomic E-state index is 13.7. The lowest BCUT2D eigenvalue weighted by molar-refractivity contribution is -0.119. The maximum atomic E-state index is 13.7. The summed E-state index contributed by atoms with van der Waals surface area (Å²) in [4.78, 5) is 13.1. The van der Waals surface area contributed by atoms with E-state index in [0.29, 0.717) is 12.1 Å². The summed E-state index contributed by atoms with van der Waals surface area (Å²) < 4.78 is 43.8. The number of nitrogens with zero attached hydrogens (tertiary/aromatic N) is 3. The fourth-order valence-electron chi connectivity index (χ4n) is 4.44. The number of aromatic nitrogens is 1. The van der Waals surface area contributed by atoms with Crippen molar-refractivity contribution in [3.63, 3.8) is 0 Å². The third-order valence-electron chi connectivity index (χ3n) is 6.49. The van der Waals surface area contributed by atoms with Gasteiger partial charge in [0.15, 0.2) is 0 Å². The molecule has 4 rings (SSSR count). The molecule has 0 saturated heterocycles. The molecule has 0 spiro atoms. The van der Waals surface area contributed by atoms with Crippen molar-refractivity contribution in [3.05, 3.63) is 113 Å². The lowest BCUT2D eigenvalue weighted by Gasteiger charge is -2.25. The molecule has 39 heavy (non-hydrogen) atoms. The van der Waals surface area contributed by atoms with Crippen LogP contribution in [-0.4, -0.2) is 31.7 Å². The van der Waals surface area contributed by atoms with Crippen molar-refractivity contribution in [1.29, 1.82) is 0 Å². The molecule has 0 aliphatic rings. The quantitative estimate of drug-likeness (QED) is 0.224. The Balaban J connectivity index is 1.57. The molecule has 7 nitrogen and oxygen atoms in total. The summed E-state index contributed by atoms with van der Waals surface area (Å²) in [5, 5.41) is 4.10. The van der Waals surface area contributed by atoms with Crippen LogP contribution in [0.1, 0.15) is 35.0 Å². The van der Waals surface area contributed by atoms with Gasteiger partial charge in [-0.05, 0) is 81.3 Å². The highest BCUT2D eigenvalue weighted by atomic mass is 32.2. The first-order chi connectivity index (χ1) is 18.6. The van der Waals surface area contributed by atoms with Gasteiger partial charge in [-0.2, -0.15) is 5.10 Å². The Kier molecular flexibility index (Phi) is 8.30. The van der Waals surface area contributed by atoms with Crippen LogP contribution in [0.25, 0.3) is 5.69 Å². The number of carbonyl (C=O) groups excluding carboxylic acids is 1. The molecule has 1 amide bonds. The number of nitrogens with one attached hydrogen (secondary N) is 1. The molecule has 9 heteroatoms. The minimum Gasteiger partial charge on any atom is -0.318 e. The molecule has 0 saturated carbocycles. The van der Waals surface area contributed by atoms with Gasteiger partial charge in [0.05, 0.1) is 16.8 Å². The van der Waals surface area contributed by atoms with Crippen molar-refractivity contribution >= 4 is 27.8 Å². The van der Waals surface area contributed by atoms with Crippen LogP contribution in [0.3, 0.4) is 0 Å². The number of amides is 1. The van der Waals surface area contributed by atoms with Crippen molar-refractivity contribution in [1.82, 2.24) is 9.99 Å². The van der Waals surface area contributed by atoms with E-state index < -0.39 is 22.5 Å². The van der Waals surface area contributed by atoms with Crippen LogP contribution in [0.15, 0.2) is 88.9 Å². The Morgan fingerprint density at radius 2 is 1.67 bits per heavy atom. The summed E-state index contributed by atoms with van der Waals surface area (Å²) in [6.45, 7) is 7.19. The molecule has 0 radical (unpaired) electrons. The smallest absolute Gasteiger partial charge is 0.264 e. The highest BCUT2D eigenvalue weighted by molar-refractivity contribution is 7.92. The predicted octanol–water partition coefficient (Wildman–Crippen LogP) is 5.45. The van der Waals surface area contributed by atoms with Crippen molar-refractivity contribution in [3.8, 4) is 5.69 Å². The predicted molar refractivity (Wildman–Crippen MR) is 152 cm³/mol. The molecule has 0 atom stereocenters. The number of para-hydroxylation sites is 1. The Morgan fingerprint density at radius 1 is 1.00 bits per heavy atom. The number of rotatable bonds is 9. The average molecular weight is 547 g/mol. The SMILES string of the molecule is CCc1ccccc1N(CC(=O)N/N=C\c1cc(C)n(-c2ccc(F)cc2)c1C)S(=O)(=O)c1ccc(C)cc1. The molecule has 0 aliphatic carbocycles. The molecule has 202 valence electrons. The molecular formula is C30H31FN4O3S.